The zero-order valence-corrected chi connectivity index (χ0v) is 19.6. The lowest BCUT2D eigenvalue weighted by Crippen LogP contribution is -3.24. The molecule has 5 aliphatic rings. The van der Waals surface area contributed by atoms with Crippen molar-refractivity contribution in [1.82, 2.24) is 4.90 Å². The number of ketones is 1. The number of carboxylic acid groups (broad SMARTS) is 1. The maximum atomic E-state index is 13.7. The second kappa shape index (κ2) is 8.15. The molecule has 12 heteroatoms. The van der Waals surface area contributed by atoms with Gasteiger partial charge in [0.05, 0.1) is 13.0 Å². The average Bonchev–Trinajstić information content (AvgIpc) is 3.55. The van der Waals surface area contributed by atoms with Crippen LogP contribution in [0.25, 0.3) is 0 Å². The van der Waals surface area contributed by atoms with Crippen molar-refractivity contribution in [3.8, 4) is 11.5 Å². The summed E-state index contributed by atoms with van der Waals surface area (Å²) in [5, 5.41) is 30.9. The molecular weight excluding hydrogens is 485 g/mol. The van der Waals surface area contributed by atoms with Crippen molar-refractivity contribution in [2.75, 3.05) is 13.1 Å². The monoisotopic (exact) mass is 512 g/mol. The number of alkyl halides is 3. The molecule has 9 nitrogen and oxygen atoms in total. The minimum atomic E-state index is -5.08. The number of piperidine rings is 1. The van der Waals surface area contributed by atoms with Gasteiger partial charge in [-0.25, -0.2) is 9.59 Å². The van der Waals surface area contributed by atoms with Crippen molar-refractivity contribution in [2.45, 2.75) is 74.7 Å². The number of carbonyl (C=O) groups is 3. The van der Waals surface area contributed by atoms with Crippen LogP contribution in [0.1, 0.15) is 50.2 Å². The number of benzene rings is 1. The Morgan fingerprint density at radius 3 is 2.53 bits per heavy atom. The summed E-state index contributed by atoms with van der Waals surface area (Å²) in [6.07, 6.45) is -1.53. The highest BCUT2D eigenvalue weighted by Gasteiger charge is 2.77. The molecule has 2 aliphatic heterocycles. The Kier molecular flexibility index (Phi) is 5.66. The number of aromatic hydroxyl groups is 1. The molecule has 0 radical (unpaired) electrons. The van der Waals surface area contributed by atoms with Crippen LogP contribution in [-0.4, -0.2) is 69.7 Å². The van der Waals surface area contributed by atoms with Crippen LogP contribution in [0.2, 0.25) is 0 Å². The van der Waals surface area contributed by atoms with Crippen LogP contribution in [0, 0.1) is 11.1 Å². The molecule has 196 valence electrons. The van der Waals surface area contributed by atoms with Gasteiger partial charge in [0, 0.05) is 24.9 Å². The van der Waals surface area contributed by atoms with E-state index in [1.54, 1.807) is 6.07 Å². The lowest BCUT2D eigenvalue weighted by atomic mass is 9.47. The summed E-state index contributed by atoms with van der Waals surface area (Å²) in [6.45, 7) is 3.10. The number of hydrogen-bond donors (Lipinski definition) is 3. The quantitative estimate of drug-likeness (QED) is 0.513. The number of aliphatic carboxylic acids is 1. The van der Waals surface area contributed by atoms with E-state index in [9.17, 15) is 33.1 Å². The first-order chi connectivity index (χ1) is 16.8. The maximum absolute atomic E-state index is 13.7. The Bertz CT molecular complexity index is 1140. The highest BCUT2D eigenvalue weighted by Crippen LogP contribution is 2.64. The van der Waals surface area contributed by atoms with Crippen molar-refractivity contribution in [1.29, 1.82) is 0 Å². The van der Waals surface area contributed by atoms with Crippen LogP contribution in [0.15, 0.2) is 12.1 Å². The molecule has 3 N–H and O–H groups in total. The van der Waals surface area contributed by atoms with E-state index in [0.717, 1.165) is 24.2 Å². The summed E-state index contributed by atoms with van der Waals surface area (Å²) in [6, 6.07) is 3.44. The van der Waals surface area contributed by atoms with Crippen molar-refractivity contribution >= 4 is 17.7 Å². The van der Waals surface area contributed by atoms with Gasteiger partial charge in [-0.3, -0.25) is 9.69 Å². The number of nitrogens with zero attached hydrogens (tertiary/aromatic N) is 1. The van der Waals surface area contributed by atoms with Crippen LogP contribution < -0.4 is 9.80 Å². The van der Waals surface area contributed by atoms with Crippen molar-refractivity contribution < 1.29 is 47.6 Å². The standard InChI is InChI=1S/C22H26N2O5.C2HF3O2/c1-12(25)24(28)22-7-6-16(27)20-21(22)8-9-23(11-13-2-3-13)17(22)10-14-4-5-15(26)19(29-20)18(14)21;3-2(4,5)1(6)7/h4-5,13,17,20,24,26H,2-3,6-11H2,1H3;(H,6,7)/t17-,20+,21+,22?;/m1./s1. The largest absolute Gasteiger partial charge is 0.626 e. The SMILES string of the molecule is CC(=O)[N@@H+]([O-])C12CCC(=O)[C@@H]3Oc4c(O)ccc5c4[C@@]31CCN(CC1CC1)[C@@H]2C5.O=C(O)C(F)(F)F. The van der Waals surface area contributed by atoms with Gasteiger partial charge in [-0.05, 0) is 49.8 Å². The molecule has 1 aromatic rings. The number of hydroxylamine groups is 2. The van der Waals surface area contributed by atoms with Crippen molar-refractivity contribution in [3.05, 3.63) is 28.5 Å². The van der Waals surface area contributed by atoms with Gasteiger partial charge in [-0.2, -0.15) is 13.2 Å². The van der Waals surface area contributed by atoms with Crippen molar-refractivity contribution in [2.24, 2.45) is 5.92 Å². The van der Waals surface area contributed by atoms with Gasteiger partial charge < -0.3 is 25.2 Å². The number of quaternary nitrogens is 1. The number of Topliss-reactive ketones (excluding diaryl/α,β-unsaturated/α-hetero) is 1. The van der Waals surface area contributed by atoms with E-state index in [1.165, 1.54) is 19.8 Å². The van der Waals surface area contributed by atoms with E-state index >= 15 is 0 Å². The summed E-state index contributed by atoms with van der Waals surface area (Å²) in [5.74, 6) is -2.16. The minimum absolute atomic E-state index is 0.0170. The fraction of sp³-hybridized carbons (Fsp3) is 0.625. The molecule has 1 spiro atoms. The molecule has 1 amide bonds. The molecular formula is C24H27F3N2O7. The van der Waals surface area contributed by atoms with Crippen LogP contribution >= 0.6 is 0 Å². The smallest absolute Gasteiger partial charge is 0.490 e. The topological polar surface area (TPSA) is 132 Å². The molecule has 2 bridgehead atoms. The summed E-state index contributed by atoms with van der Waals surface area (Å²) < 4.78 is 37.9. The number of likely N-dealkylation sites (tertiary alicyclic amines) is 1. The van der Waals surface area contributed by atoms with Gasteiger partial charge in [0.1, 0.15) is 11.0 Å². The van der Waals surface area contributed by atoms with Gasteiger partial charge in [-0.15, -0.1) is 0 Å². The molecule has 3 fully saturated rings. The first kappa shape index (κ1) is 25.0. The number of halogens is 3. The molecule has 1 unspecified atom stereocenters. The highest BCUT2D eigenvalue weighted by atomic mass is 19.4. The van der Waals surface area contributed by atoms with E-state index in [1.807, 2.05) is 6.07 Å². The lowest BCUT2D eigenvalue weighted by Gasteiger charge is -2.65. The molecule has 5 atom stereocenters. The first-order valence-electron chi connectivity index (χ1n) is 12.0. The second-order valence-electron chi connectivity index (χ2n) is 10.5. The highest BCUT2D eigenvalue weighted by molar-refractivity contribution is 5.90. The molecule has 1 aromatic carbocycles. The van der Waals surface area contributed by atoms with Crippen LogP contribution in [0.3, 0.4) is 0 Å². The Morgan fingerprint density at radius 2 is 1.94 bits per heavy atom. The first-order valence-corrected chi connectivity index (χ1v) is 12.0. The van der Waals surface area contributed by atoms with Crippen LogP contribution in [-0.2, 0) is 26.2 Å². The third kappa shape index (κ3) is 3.37. The summed E-state index contributed by atoms with van der Waals surface area (Å²) in [7, 11) is 0. The molecule has 0 aromatic heterocycles. The molecule has 6 rings (SSSR count). The summed E-state index contributed by atoms with van der Waals surface area (Å²) in [4.78, 5) is 36.8. The molecule has 1 saturated heterocycles. The summed E-state index contributed by atoms with van der Waals surface area (Å²) >= 11 is 0. The fourth-order valence-corrected chi connectivity index (χ4v) is 7.09. The second-order valence-corrected chi connectivity index (χ2v) is 10.5. The van der Waals surface area contributed by atoms with E-state index in [0.29, 0.717) is 30.9 Å². The number of rotatable bonds is 3. The van der Waals surface area contributed by atoms with E-state index in [2.05, 4.69) is 4.90 Å². The number of amides is 1. The Morgan fingerprint density at radius 1 is 1.28 bits per heavy atom. The lowest BCUT2D eigenvalue weighted by molar-refractivity contribution is -0.844. The zero-order chi connectivity index (χ0) is 26.2. The summed E-state index contributed by atoms with van der Waals surface area (Å²) in [5.41, 5.74) is 0.0913. The third-order valence-corrected chi connectivity index (χ3v) is 8.58. The van der Waals surface area contributed by atoms with E-state index < -0.39 is 35.1 Å². The fourth-order valence-electron chi connectivity index (χ4n) is 7.09. The Hall–Kier alpha value is -2.70. The normalized spacial score (nSPS) is 33.1. The molecule has 3 aliphatic carbocycles. The average molecular weight is 512 g/mol. The molecule has 36 heavy (non-hydrogen) atoms. The van der Waals surface area contributed by atoms with E-state index in [4.69, 9.17) is 14.6 Å². The van der Waals surface area contributed by atoms with Crippen molar-refractivity contribution in [3.63, 3.8) is 0 Å². The minimum Gasteiger partial charge on any atom is -0.626 e. The van der Waals surface area contributed by atoms with Gasteiger partial charge in [0.15, 0.2) is 23.4 Å². The van der Waals surface area contributed by atoms with E-state index in [-0.39, 0.29) is 29.1 Å². The molecule has 2 heterocycles. The number of phenolic OH excluding ortho intramolecular Hbond substituents is 1. The predicted octanol–water partition coefficient (Wildman–Crippen LogP) is 1.10. The van der Waals surface area contributed by atoms with Crippen LogP contribution in [0.4, 0.5) is 13.2 Å². The number of phenols is 1. The Labute approximate surface area is 204 Å². The predicted molar refractivity (Wildman–Crippen MR) is 116 cm³/mol. The zero-order valence-electron chi connectivity index (χ0n) is 19.6. The van der Waals surface area contributed by atoms with Crippen LogP contribution in [0.5, 0.6) is 11.5 Å². The van der Waals surface area contributed by atoms with Gasteiger partial charge >= 0.3 is 18.1 Å². The van der Waals surface area contributed by atoms with Gasteiger partial charge in [-0.1, -0.05) is 6.07 Å². The maximum Gasteiger partial charge on any atom is 0.490 e. The Balaban J connectivity index is 0.000000338. The number of nitrogens with one attached hydrogen (secondary N) is 1. The van der Waals surface area contributed by atoms with Gasteiger partial charge in [0.25, 0.3) is 0 Å². The number of carbonyl (C=O) groups excluding carboxylic acids is 2. The number of carboxylic acids is 1. The third-order valence-electron chi connectivity index (χ3n) is 8.58. The number of hydrogen-bond acceptors (Lipinski definition) is 7. The molecule has 2 saturated carbocycles. The number of ether oxygens (including phenoxy) is 1. The van der Waals surface area contributed by atoms with Gasteiger partial charge in [0.2, 0.25) is 0 Å².